The molecule has 17 heavy (non-hydrogen) atoms. The Morgan fingerprint density at radius 2 is 1.94 bits per heavy atom. The van der Waals surface area contributed by atoms with Crippen molar-refractivity contribution < 1.29 is 0 Å². The lowest BCUT2D eigenvalue weighted by Gasteiger charge is -2.35. The quantitative estimate of drug-likeness (QED) is 0.677. The van der Waals surface area contributed by atoms with Crippen LogP contribution in [0.5, 0.6) is 0 Å². The van der Waals surface area contributed by atoms with Crippen LogP contribution in [0.1, 0.15) is 59.3 Å². The molecular formula is C15H28N2. The molecular weight excluding hydrogens is 208 g/mol. The molecule has 0 aromatic rings. The van der Waals surface area contributed by atoms with Gasteiger partial charge in [-0.3, -0.25) is 4.99 Å². The van der Waals surface area contributed by atoms with Crippen LogP contribution >= 0.6 is 0 Å². The Labute approximate surface area is 106 Å². The number of likely N-dealkylation sites (tertiary alicyclic amines) is 1. The van der Waals surface area contributed by atoms with Gasteiger partial charge in [-0.25, -0.2) is 0 Å². The Bertz CT molecular complexity index is 283. The van der Waals surface area contributed by atoms with Crippen LogP contribution in [0.15, 0.2) is 4.99 Å². The summed E-state index contributed by atoms with van der Waals surface area (Å²) in [5, 5.41) is 0. The van der Waals surface area contributed by atoms with E-state index in [1.54, 1.807) is 0 Å². The smallest absolute Gasteiger partial charge is 0.0993 e. The number of hydrogen-bond donors (Lipinski definition) is 0. The van der Waals surface area contributed by atoms with Crippen molar-refractivity contribution in [3.63, 3.8) is 0 Å². The summed E-state index contributed by atoms with van der Waals surface area (Å²) >= 11 is 0. The summed E-state index contributed by atoms with van der Waals surface area (Å²) in [5.41, 5.74) is 0. The highest BCUT2D eigenvalue weighted by Crippen LogP contribution is 2.38. The van der Waals surface area contributed by atoms with Gasteiger partial charge in [-0.1, -0.05) is 26.2 Å². The number of rotatable bonds is 1. The standard InChI is InChI=1S/C15H28N2/c1-11(2)17-14-8-6-5-7-12(3)9-13(14)10-15(17)16-4/h11-14H,5-10H2,1-4H3/b16-15-. The van der Waals surface area contributed by atoms with Crippen LogP contribution < -0.4 is 0 Å². The summed E-state index contributed by atoms with van der Waals surface area (Å²) in [6, 6.07) is 1.38. The number of hydrogen-bond acceptors (Lipinski definition) is 1. The lowest BCUT2D eigenvalue weighted by molar-refractivity contribution is 0.185. The van der Waals surface area contributed by atoms with Crippen LogP contribution in [-0.2, 0) is 0 Å². The van der Waals surface area contributed by atoms with E-state index in [1.165, 1.54) is 44.4 Å². The van der Waals surface area contributed by atoms with Gasteiger partial charge in [0.2, 0.25) is 0 Å². The van der Waals surface area contributed by atoms with Gasteiger partial charge < -0.3 is 4.90 Å². The van der Waals surface area contributed by atoms with E-state index >= 15 is 0 Å². The number of nitrogens with zero attached hydrogens (tertiary/aromatic N) is 2. The van der Waals surface area contributed by atoms with Gasteiger partial charge in [0.1, 0.15) is 0 Å². The third-order valence-corrected chi connectivity index (χ3v) is 4.61. The zero-order chi connectivity index (χ0) is 12.4. The maximum atomic E-state index is 4.54. The molecule has 2 nitrogen and oxygen atoms in total. The minimum atomic E-state index is 0.610. The van der Waals surface area contributed by atoms with Gasteiger partial charge in [0.15, 0.2) is 0 Å². The predicted molar refractivity (Wildman–Crippen MR) is 74.5 cm³/mol. The van der Waals surface area contributed by atoms with Crippen LogP contribution in [-0.4, -0.2) is 29.9 Å². The Morgan fingerprint density at radius 3 is 2.59 bits per heavy atom. The molecule has 2 rings (SSSR count). The molecule has 0 aromatic carbocycles. The van der Waals surface area contributed by atoms with Crippen LogP contribution in [0.3, 0.4) is 0 Å². The van der Waals surface area contributed by atoms with Crippen molar-refractivity contribution in [1.29, 1.82) is 0 Å². The third-order valence-electron chi connectivity index (χ3n) is 4.61. The van der Waals surface area contributed by atoms with E-state index in [9.17, 15) is 0 Å². The van der Waals surface area contributed by atoms with Crippen LogP contribution in [0.4, 0.5) is 0 Å². The van der Waals surface area contributed by atoms with E-state index in [-0.39, 0.29) is 0 Å². The summed E-state index contributed by atoms with van der Waals surface area (Å²) in [7, 11) is 1.97. The molecule has 3 atom stereocenters. The zero-order valence-corrected chi connectivity index (χ0v) is 11.9. The molecule has 2 aliphatic rings. The predicted octanol–water partition coefficient (Wildman–Crippen LogP) is 3.71. The second kappa shape index (κ2) is 5.41. The van der Waals surface area contributed by atoms with Gasteiger partial charge in [-0.05, 0) is 38.5 Å². The fourth-order valence-electron chi connectivity index (χ4n) is 3.88. The SMILES string of the molecule is C/N=C1/CC2CC(C)CCCCC2N1C(C)C. The highest BCUT2D eigenvalue weighted by molar-refractivity contribution is 5.85. The molecule has 1 aliphatic carbocycles. The molecule has 1 heterocycles. The molecule has 2 fully saturated rings. The van der Waals surface area contributed by atoms with Gasteiger partial charge in [-0.15, -0.1) is 0 Å². The van der Waals surface area contributed by atoms with E-state index in [2.05, 4.69) is 30.7 Å². The summed E-state index contributed by atoms with van der Waals surface area (Å²) in [4.78, 5) is 7.16. The average molecular weight is 236 g/mol. The molecule has 1 saturated carbocycles. The third kappa shape index (κ3) is 2.66. The fourth-order valence-corrected chi connectivity index (χ4v) is 3.88. The molecule has 1 saturated heterocycles. The van der Waals surface area contributed by atoms with E-state index in [0.29, 0.717) is 6.04 Å². The molecule has 0 bridgehead atoms. The van der Waals surface area contributed by atoms with E-state index in [0.717, 1.165) is 17.9 Å². The highest BCUT2D eigenvalue weighted by Gasteiger charge is 2.39. The first kappa shape index (κ1) is 12.9. The van der Waals surface area contributed by atoms with Gasteiger partial charge in [0.05, 0.1) is 5.84 Å². The molecule has 0 N–H and O–H groups in total. The summed E-state index contributed by atoms with van der Waals surface area (Å²) < 4.78 is 0. The largest absolute Gasteiger partial charge is 0.355 e. The molecule has 0 aromatic heterocycles. The molecule has 0 radical (unpaired) electrons. The van der Waals surface area contributed by atoms with Crippen molar-refractivity contribution in [2.45, 2.75) is 71.4 Å². The van der Waals surface area contributed by atoms with E-state index < -0.39 is 0 Å². The van der Waals surface area contributed by atoms with Crippen molar-refractivity contribution in [3.8, 4) is 0 Å². The van der Waals surface area contributed by atoms with Gasteiger partial charge in [-0.2, -0.15) is 0 Å². The van der Waals surface area contributed by atoms with Crippen molar-refractivity contribution in [1.82, 2.24) is 4.90 Å². The summed E-state index contributed by atoms with van der Waals surface area (Å²) in [6.45, 7) is 7.06. The van der Waals surface area contributed by atoms with Crippen LogP contribution in [0.2, 0.25) is 0 Å². The van der Waals surface area contributed by atoms with Crippen molar-refractivity contribution >= 4 is 5.84 Å². The van der Waals surface area contributed by atoms with Crippen molar-refractivity contribution in [2.24, 2.45) is 16.8 Å². The maximum absolute atomic E-state index is 4.54. The first-order chi connectivity index (χ1) is 8.13. The van der Waals surface area contributed by atoms with E-state index in [4.69, 9.17) is 0 Å². The Hall–Kier alpha value is -0.530. The topological polar surface area (TPSA) is 15.6 Å². The molecule has 98 valence electrons. The summed E-state index contributed by atoms with van der Waals surface area (Å²) in [6.07, 6.45) is 8.29. The minimum Gasteiger partial charge on any atom is -0.355 e. The molecule has 0 spiro atoms. The maximum Gasteiger partial charge on any atom is 0.0993 e. The fraction of sp³-hybridized carbons (Fsp3) is 0.933. The normalized spacial score (nSPS) is 37.1. The second-order valence-corrected chi connectivity index (χ2v) is 6.30. The number of fused-ring (bicyclic) bond motifs is 1. The Morgan fingerprint density at radius 1 is 1.24 bits per heavy atom. The highest BCUT2D eigenvalue weighted by atomic mass is 15.3. The lowest BCUT2D eigenvalue weighted by atomic mass is 9.82. The Kier molecular flexibility index (Phi) is 4.11. The monoisotopic (exact) mass is 236 g/mol. The average Bonchev–Trinajstić information content (AvgIpc) is 2.59. The lowest BCUT2D eigenvalue weighted by Crippen LogP contribution is -2.41. The van der Waals surface area contributed by atoms with Crippen molar-refractivity contribution in [3.05, 3.63) is 0 Å². The van der Waals surface area contributed by atoms with Crippen molar-refractivity contribution in [2.75, 3.05) is 7.05 Å². The van der Waals surface area contributed by atoms with Crippen LogP contribution in [0.25, 0.3) is 0 Å². The van der Waals surface area contributed by atoms with E-state index in [1.807, 2.05) is 7.05 Å². The molecule has 1 aliphatic heterocycles. The molecule has 0 amide bonds. The molecule has 3 unspecified atom stereocenters. The van der Waals surface area contributed by atoms with Gasteiger partial charge in [0.25, 0.3) is 0 Å². The van der Waals surface area contributed by atoms with Crippen LogP contribution in [0, 0.1) is 11.8 Å². The minimum absolute atomic E-state index is 0.610. The Balaban J connectivity index is 2.17. The van der Waals surface area contributed by atoms with Gasteiger partial charge >= 0.3 is 0 Å². The first-order valence-electron chi connectivity index (χ1n) is 7.37. The first-order valence-corrected chi connectivity index (χ1v) is 7.37. The van der Waals surface area contributed by atoms with Gasteiger partial charge in [0, 0.05) is 25.6 Å². The molecule has 2 heteroatoms. The zero-order valence-electron chi connectivity index (χ0n) is 11.9. The second-order valence-electron chi connectivity index (χ2n) is 6.30. The number of aliphatic imine (C=N–C) groups is 1. The summed E-state index contributed by atoms with van der Waals surface area (Å²) in [5.74, 6) is 3.14. The number of amidine groups is 1.